The topological polar surface area (TPSA) is 12.4 Å². The second-order valence-electron chi connectivity index (χ2n) is 0.382. The summed E-state index contributed by atoms with van der Waals surface area (Å²) in [6.45, 7) is 4.13. The SMILES string of the molecule is [CH2-]C[N]=[Ti+]. The second-order valence-corrected chi connectivity index (χ2v) is 0.876. The van der Waals surface area contributed by atoms with Crippen LogP contribution in [-0.2, 0) is 20.3 Å². The molecule has 4 heavy (non-hydrogen) atoms. The van der Waals surface area contributed by atoms with Crippen LogP contribution in [0.3, 0.4) is 0 Å². The van der Waals surface area contributed by atoms with Crippen molar-refractivity contribution in [3.05, 3.63) is 6.92 Å². The van der Waals surface area contributed by atoms with E-state index in [1.165, 1.54) is 0 Å². The van der Waals surface area contributed by atoms with Gasteiger partial charge >= 0.3 is 37.1 Å². The zero-order valence-electron chi connectivity index (χ0n) is 2.36. The molecule has 0 N–H and O–H groups in total. The summed E-state index contributed by atoms with van der Waals surface area (Å²) in [5.74, 6) is 0. The molecule has 21 valence electrons. The maximum atomic E-state index is 3.62. The van der Waals surface area contributed by atoms with Gasteiger partial charge in [0.05, 0.1) is 0 Å². The van der Waals surface area contributed by atoms with E-state index in [9.17, 15) is 0 Å². The van der Waals surface area contributed by atoms with Gasteiger partial charge in [-0.15, -0.1) is 0 Å². The van der Waals surface area contributed by atoms with E-state index in [4.69, 9.17) is 0 Å². The van der Waals surface area contributed by atoms with E-state index in [1.54, 1.807) is 20.3 Å². The van der Waals surface area contributed by atoms with Crippen molar-refractivity contribution < 1.29 is 20.3 Å². The van der Waals surface area contributed by atoms with Gasteiger partial charge in [0.15, 0.2) is 0 Å². The molecule has 0 radical (unpaired) electrons. The van der Waals surface area contributed by atoms with Crippen LogP contribution in [0, 0.1) is 6.92 Å². The minimum absolute atomic E-state index is 0.694. The fourth-order valence-corrected chi connectivity index (χ4v) is 0. The first-order valence-electron chi connectivity index (χ1n) is 1.04. The third kappa shape index (κ3) is 2.51. The molecule has 0 fully saturated rings. The van der Waals surface area contributed by atoms with Gasteiger partial charge in [-0.05, 0) is 0 Å². The number of nitrogens with zero attached hydrogens (tertiary/aromatic N) is 1. The Hall–Kier alpha value is 0.514. The van der Waals surface area contributed by atoms with Crippen molar-refractivity contribution in [3.63, 3.8) is 0 Å². The van der Waals surface area contributed by atoms with Gasteiger partial charge in [0.25, 0.3) is 0 Å². The molecule has 0 aromatic rings. The quantitative estimate of drug-likeness (QED) is 0.329. The van der Waals surface area contributed by atoms with Crippen LogP contribution in [0.1, 0.15) is 0 Å². The summed E-state index contributed by atoms with van der Waals surface area (Å²) in [5.41, 5.74) is 0. The molecule has 0 aliphatic carbocycles. The van der Waals surface area contributed by atoms with Crippen molar-refractivity contribution in [3.8, 4) is 0 Å². The van der Waals surface area contributed by atoms with Crippen molar-refractivity contribution in [1.82, 2.24) is 0 Å². The Kier molecular flexibility index (Phi) is 3.97. The van der Waals surface area contributed by atoms with Crippen LogP contribution in [0.15, 0.2) is 3.42 Å². The molecule has 0 aromatic heterocycles. The molecule has 0 aromatic carbocycles. The second kappa shape index (κ2) is 3.51. The van der Waals surface area contributed by atoms with Crippen LogP contribution in [0.4, 0.5) is 0 Å². The monoisotopic (exact) mass is 90.0 g/mol. The van der Waals surface area contributed by atoms with E-state index >= 15 is 0 Å². The fraction of sp³-hybridized carbons (Fsp3) is 0.500. The molecule has 0 bridgehead atoms. The van der Waals surface area contributed by atoms with Gasteiger partial charge in [0, 0.05) is 0 Å². The standard InChI is InChI=1S/C2H4N.Ti/c1-2-3;/h1-2H2;/q-1;+1. The van der Waals surface area contributed by atoms with Crippen LogP contribution in [0.2, 0.25) is 0 Å². The van der Waals surface area contributed by atoms with Crippen LogP contribution in [0.5, 0.6) is 0 Å². The molecular formula is C2H4NTi. The summed E-state index contributed by atoms with van der Waals surface area (Å²) < 4.78 is 3.62. The number of hydrogen-bond donors (Lipinski definition) is 0. The summed E-state index contributed by atoms with van der Waals surface area (Å²) >= 11 is 1.74. The van der Waals surface area contributed by atoms with E-state index < -0.39 is 0 Å². The van der Waals surface area contributed by atoms with Crippen LogP contribution < -0.4 is 0 Å². The first-order chi connectivity index (χ1) is 1.91. The molecule has 0 unspecified atom stereocenters. The molecule has 0 aliphatic heterocycles. The molecule has 0 heterocycles. The predicted octanol–water partition coefficient (Wildman–Crippen LogP) is 0.551. The molecule has 0 aliphatic rings. The molecular weight excluding hydrogens is 85.9 g/mol. The average Bonchev–Trinajstić information content (AvgIpc) is 1.37. The van der Waals surface area contributed by atoms with Crippen LogP contribution in [-0.4, -0.2) is 6.54 Å². The minimum atomic E-state index is 0.694. The van der Waals surface area contributed by atoms with Crippen molar-refractivity contribution in [1.29, 1.82) is 0 Å². The zero-order chi connectivity index (χ0) is 3.41. The molecule has 0 spiro atoms. The maximum absolute atomic E-state index is 3.62. The Morgan fingerprint density at radius 2 is 2.25 bits per heavy atom. The van der Waals surface area contributed by atoms with Gasteiger partial charge in [0.2, 0.25) is 0 Å². The first kappa shape index (κ1) is 4.51. The van der Waals surface area contributed by atoms with E-state index in [-0.39, 0.29) is 0 Å². The molecule has 0 atom stereocenters. The third-order valence-corrected chi connectivity index (χ3v) is 0.461. The van der Waals surface area contributed by atoms with Crippen LogP contribution in [0.25, 0.3) is 0 Å². The Bertz CT molecular complexity index is 20.0. The van der Waals surface area contributed by atoms with Crippen molar-refractivity contribution >= 4 is 0 Å². The fourth-order valence-electron chi connectivity index (χ4n) is 0. The third-order valence-electron chi connectivity index (χ3n) is 0.112. The van der Waals surface area contributed by atoms with E-state index in [2.05, 4.69) is 10.3 Å². The normalized spacial score (nSPS) is 6.75. The molecule has 0 saturated heterocycles. The van der Waals surface area contributed by atoms with Crippen molar-refractivity contribution in [2.45, 2.75) is 0 Å². The van der Waals surface area contributed by atoms with Crippen molar-refractivity contribution in [2.24, 2.45) is 3.42 Å². The summed E-state index contributed by atoms with van der Waals surface area (Å²) in [6.07, 6.45) is 0. The van der Waals surface area contributed by atoms with E-state index in [0.29, 0.717) is 6.54 Å². The summed E-state index contributed by atoms with van der Waals surface area (Å²) in [5, 5.41) is 0. The number of hydrogen-bond acceptors (Lipinski definition) is 1. The summed E-state index contributed by atoms with van der Waals surface area (Å²) in [7, 11) is 0. The van der Waals surface area contributed by atoms with Gasteiger partial charge in [-0.3, -0.25) is 0 Å². The Balaban J connectivity index is 2.30. The Labute approximate surface area is 37.7 Å². The molecule has 1 nitrogen and oxygen atoms in total. The first-order valence-corrected chi connectivity index (χ1v) is 1.74. The predicted molar refractivity (Wildman–Crippen MR) is 12.7 cm³/mol. The average molecular weight is 89.9 g/mol. The van der Waals surface area contributed by atoms with Gasteiger partial charge in [-0.2, -0.15) is 0 Å². The number of rotatable bonds is 1. The summed E-state index contributed by atoms with van der Waals surface area (Å²) in [6, 6.07) is 0. The molecule has 0 rings (SSSR count). The Morgan fingerprint density at radius 1 is 2.00 bits per heavy atom. The molecule has 0 amide bonds. The zero-order valence-corrected chi connectivity index (χ0v) is 3.92. The summed E-state index contributed by atoms with van der Waals surface area (Å²) in [4.78, 5) is 0. The van der Waals surface area contributed by atoms with Gasteiger partial charge in [-0.25, -0.2) is 0 Å². The molecule has 0 saturated carbocycles. The van der Waals surface area contributed by atoms with Crippen LogP contribution >= 0.6 is 0 Å². The van der Waals surface area contributed by atoms with Gasteiger partial charge in [-0.1, -0.05) is 0 Å². The Morgan fingerprint density at radius 3 is 2.25 bits per heavy atom. The molecule has 2 heteroatoms. The van der Waals surface area contributed by atoms with Crippen molar-refractivity contribution in [2.75, 3.05) is 6.54 Å². The van der Waals surface area contributed by atoms with E-state index in [0.717, 1.165) is 0 Å². The van der Waals surface area contributed by atoms with Gasteiger partial charge in [0.1, 0.15) is 0 Å². The van der Waals surface area contributed by atoms with Gasteiger partial charge < -0.3 is 0 Å². The van der Waals surface area contributed by atoms with E-state index in [1.807, 2.05) is 0 Å².